The van der Waals surface area contributed by atoms with Crippen molar-refractivity contribution in [3.63, 3.8) is 0 Å². The molecule has 3 N–H and O–H groups in total. The Balaban J connectivity index is 3.04. The number of amides is 1. The largest absolute Gasteiger partial charge is 0.347 e. The highest BCUT2D eigenvalue weighted by Gasteiger charge is 2.16. The Labute approximate surface area is 109 Å². The lowest BCUT2D eigenvalue weighted by atomic mass is 10.0. The molecule has 0 heterocycles. The Morgan fingerprint density at radius 3 is 2.61 bits per heavy atom. The zero-order chi connectivity index (χ0) is 13.8. The standard InChI is InChI=1S/C15H20N2O/c1-11-7-8-12(6-5-9-16)10-13(11)14(18)17-15(2,3)4/h7-8,10H,9,16H2,1-4H3,(H,17,18). The van der Waals surface area contributed by atoms with E-state index in [0.717, 1.165) is 11.1 Å². The number of rotatable bonds is 1. The lowest BCUT2D eigenvalue weighted by Crippen LogP contribution is -2.40. The Kier molecular flexibility index (Phi) is 4.52. The maximum Gasteiger partial charge on any atom is 0.251 e. The molecule has 1 amide bonds. The van der Waals surface area contributed by atoms with Crippen LogP contribution in [0.5, 0.6) is 0 Å². The minimum absolute atomic E-state index is 0.0728. The van der Waals surface area contributed by atoms with E-state index in [4.69, 9.17) is 5.73 Å². The molecule has 1 rings (SSSR count). The van der Waals surface area contributed by atoms with E-state index < -0.39 is 0 Å². The zero-order valence-corrected chi connectivity index (χ0v) is 11.4. The van der Waals surface area contributed by atoms with Crippen LogP contribution >= 0.6 is 0 Å². The van der Waals surface area contributed by atoms with Crippen molar-refractivity contribution in [1.82, 2.24) is 5.32 Å². The Bertz CT molecular complexity index is 501. The molecule has 0 aliphatic heterocycles. The lowest BCUT2D eigenvalue weighted by molar-refractivity contribution is 0.0919. The summed E-state index contributed by atoms with van der Waals surface area (Å²) in [5.41, 5.74) is 7.50. The SMILES string of the molecule is Cc1ccc(C#CCN)cc1C(=O)NC(C)(C)C. The molecule has 96 valence electrons. The third-order valence-corrected chi connectivity index (χ3v) is 2.31. The highest BCUT2D eigenvalue weighted by atomic mass is 16.1. The van der Waals surface area contributed by atoms with Crippen molar-refractivity contribution in [2.75, 3.05) is 6.54 Å². The van der Waals surface area contributed by atoms with Gasteiger partial charge < -0.3 is 11.1 Å². The average molecular weight is 244 g/mol. The predicted molar refractivity (Wildman–Crippen MR) is 74.3 cm³/mol. The number of hydrogen-bond acceptors (Lipinski definition) is 2. The summed E-state index contributed by atoms with van der Waals surface area (Å²) in [7, 11) is 0. The summed E-state index contributed by atoms with van der Waals surface area (Å²) in [5, 5.41) is 2.95. The van der Waals surface area contributed by atoms with Crippen LogP contribution < -0.4 is 11.1 Å². The molecule has 0 aliphatic rings. The first-order chi connectivity index (χ1) is 8.33. The van der Waals surface area contributed by atoms with E-state index in [1.807, 2.05) is 39.8 Å². The quantitative estimate of drug-likeness (QED) is 0.741. The van der Waals surface area contributed by atoms with E-state index in [9.17, 15) is 4.79 Å². The first-order valence-electron chi connectivity index (χ1n) is 5.95. The van der Waals surface area contributed by atoms with Crippen LogP contribution in [0, 0.1) is 18.8 Å². The predicted octanol–water partition coefficient (Wildman–Crippen LogP) is 1.83. The van der Waals surface area contributed by atoms with Crippen molar-refractivity contribution in [1.29, 1.82) is 0 Å². The second-order valence-corrected chi connectivity index (χ2v) is 5.24. The fourth-order valence-electron chi connectivity index (χ4n) is 1.51. The van der Waals surface area contributed by atoms with Crippen LogP contribution in [0.1, 0.15) is 42.3 Å². The highest BCUT2D eigenvalue weighted by molar-refractivity contribution is 5.96. The van der Waals surface area contributed by atoms with Crippen molar-refractivity contribution < 1.29 is 4.79 Å². The van der Waals surface area contributed by atoms with Crippen LogP contribution in [0.2, 0.25) is 0 Å². The van der Waals surface area contributed by atoms with Gasteiger partial charge in [-0.25, -0.2) is 0 Å². The monoisotopic (exact) mass is 244 g/mol. The van der Waals surface area contributed by atoms with Gasteiger partial charge in [-0.05, 0) is 45.4 Å². The van der Waals surface area contributed by atoms with Crippen LogP contribution in [-0.2, 0) is 0 Å². The van der Waals surface area contributed by atoms with Gasteiger partial charge in [0.25, 0.3) is 5.91 Å². The minimum Gasteiger partial charge on any atom is -0.347 e. The van der Waals surface area contributed by atoms with Gasteiger partial charge in [-0.1, -0.05) is 17.9 Å². The van der Waals surface area contributed by atoms with E-state index in [2.05, 4.69) is 17.2 Å². The van der Waals surface area contributed by atoms with Crippen LogP contribution in [0.3, 0.4) is 0 Å². The van der Waals surface area contributed by atoms with Gasteiger partial charge >= 0.3 is 0 Å². The van der Waals surface area contributed by atoms with Gasteiger partial charge in [0.15, 0.2) is 0 Å². The molecular weight excluding hydrogens is 224 g/mol. The number of nitrogens with two attached hydrogens (primary N) is 1. The fraction of sp³-hybridized carbons (Fsp3) is 0.400. The molecule has 0 radical (unpaired) electrons. The normalized spacial score (nSPS) is 10.5. The topological polar surface area (TPSA) is 55.1 Å². The van der Waals surface area contributed by atoms with Crippen molar-refractivity contribution >= 4 is 5.91 Å². The summed E-state index contributed by atoms with van der Waals surface area (Å²) < 4.78 is 0. The third kappa shape index (κ3) is 4.23. The van der Waals surface area contributed by atoms with E-state index in [1.54, 1.807) is 6.07 Å². The van der Waals surface area contributed by atoms with Gasteiger partial charge in [0, 0.05) is 16.7 Å². The lowest BCUT2D eigenvalue weighted by Gasteiger charge is -2.21. The zero-order valence-electron chi connectivity index (χ0n) is 11.4. The highest BCUT2D eigenvalue weighted by Crippen LogP contribution is 2.12. The molecule has 0 saturated carbocycles. The molecule has 0 spiro atoms. The summed E-state index contributed by atoms with van der Waals surface area (Å²) in [6, 6.07) is 5.60. The van der Waals surface area contributed by atoms with E-state index >= 15 is 0 Å². The molecule has 0 atom stereocenters. The van der Waals surface area contributed by atoms with E-state index in [1.165, 1.54) is 0 Å². The summed E-state index contributed by atoms with van der Waals surface area (Å²) in [6.07, 6.45) is 0. The van der Waals surface area contributed by atoms with Gasteiger partial charge in [0.05, 0.1) is 6.54 Å². The summed E-state index contributed by atoms with van der Waals surface area (Å²) >= 11 is 0. The molecule has 0 aromatic heterocycles. The summed E-state index contributed by atoms with van der Waals surface area (Å²) in [5.74, 6) is 5.65. The molecule has 18 heavy (non-hydrogen) atoms. The first kappa shape index (κ1) is 14.3. The molecule has 0 bridgehead atoms. The van der Waals surface area contributed by atoms with Crippen molar-refractivity contribution in [2.24, 2.45) is 5.73 Å². The van der Waals surface area contributed by atoms with Gasteiger partial charge in [0.1, 0.15) is 0 Å². The molecule has 0 fully saturated rings. The molecule has 1 aromatic rings. The first-order valence-corrected chi connectivity index (χ1v) is 5.95. The third-order valence-electron chi connectivity index (χ3n) is 2.31. The van der Waals surface area contributed by atoms with Crippen molar-refractivity contribution in [3.8, 4) is 11.8 Å². The van der Waals surface area contributed by atoms with Crippen LogP contribution in [0.15, 0.2) is 18.2 Å². The van der Waals surface area contributed by atoms with E-state index in [0.29, 0.717) is 12.1 Å². The van der Waals surface area contributed by atoms with Gasteiger partial charge in [-0.15, -0.1) is 0 Å². The van der Waals surface area contributed by atoms with Gasteiger partial charge in [0.2, 0.25) is 0 Å². The molecule has 0 aliphatic carbocycles. The molecule has 3 nitrogen and oxygen atoms in total. The Hall–Kier alpha value is -1.79. The van der Waals surface area contributed by atoms with Gasteiger partial charge in [-0.3, -0.25) is 4.79 Å². The smallest absolute Gasteiger partial charge is 0.251 e. The number of hydrogen-bond donors (Lipinski definition) is 2. The van der Waals surface area contributed by atoms with E-state index in [-0.39, 0.29) is 11.4 Å². The number of nitrogens with one attached hydrogen (secondary N) is 1. The average Bonchev–Trinajstić information content (AvgIpc) is 2.25. The molecule has 1 aromatic carbocycles. The van der Waals surface area contributed by atoms with Crippen molar-refractivity contribution in [2.45, 2.75) is 33.2 Å². The van der Waals surface area contributed by atoms with Crippen LogP contribution in [-0.4, -0.2) is 18.0 Å². The summed E-state index contributed by atoms with van der Waals surface area (Å²) in [4.78, 5) is 12.1. The second kappa shape index (κ2) is 5.70. The number of benzene rings is 1. The van der Waals surface area contributed by atoms with Crippen LogP contribution in [0.4, 0.5) is 0 Å². The van der Waals surface area contributed by atoms with Gasteiger partial charge in [-0.2, -0.15) is 0 Å². The summed E-state index contributed by atoms with van der Waals surface area (Å²) in [6.45, 7) is 8.10. The minimum atomic E-state index is -0.248. The molecule has 0 saturated heterocycles. The Morgan fingerprint density at radius 1 is 1.39 bits per heavy atom. The number of carbonyl (C=O) groups excluding carboxylic acids is 1. The number of carbonyl (C=O) groups is 1. The van der Waals surface area contributed by atoms with Crippen LogP contribution in [0.25, 0.3) is 0 Å². The fourth-order valence-corrected chi connectivity index (χ4v) is 1.51. The molecule has 3 heteroatoms. The number of aryl methyl sites for hydroxylation is 1. The maximum absolute atomic E-state index is 12.1. The van der Waals surface area contributed by atoms with Crippen molar-refractivity contribution in [3.05, 3.63) is 34.9 Å². The molecular formula is C15H20N2O. The second-order valence-electron chi connectivity index (χ2n) is 5.24. The Morgan fingerprint density at radius 2 is 2.06 bits per heavy atom. The molecule has 0 unspecified atom stereocenters. The maximum atomic E-state index is 12.1.